The van der Waals surface area contributed by atoms with Gasteiger partial charge in [0.25, 0.3) is 0 Å². The van der Waals surface area contributed by atoms with Crippen molar-refractivity contribution in [2.24, 2.45) is 11.7 Å². The minimum Gasteiger partial charge on any atom is -0.327 e. The summed E-state index contributed by atoms with van der Waals surface area (Å²) in [6.45, 7) is 2.36. The van der Waals surface area contributed by atoms with Crippen LogP contribution in [-0.2, 0) is 6.54 Å². The van der Waals surface area contributed by atoms with Gasteiger partial charge in [-0.05, 0) is 54.0 Å². The highest BCUT2D eigenvalue weighted by Gasteiger charge is 2.32. The maximum Gasteiger partial charge on any atom is 0.0245 e. The van der Waals surface area contributed by atoms with Gasteiger partial charge in [-0.3, -0.25) is 4.90 Å². The van der Waals surface area contributed by atoms with Crippen LogP contribution in [0.15, 0.2) is 16.8 Å². The maximum atomic E-state index is 6.30. The van der Waals surface area contributed by atoms with E-state index in [1.165, 1.54) is 50.6 Å². The summed E-state index contributed by atoms with van der Waals surface area (Å²) in [4.78, 5) is 2.69. The van der Waals surface area contributed by atoms with Gasteiger partial charge in [-0.25, -0.2) is 0 Å². The van der Waals surface area contributed by atoms with E-state index >= 15 is 0 Å². The second-order valence-electron chi connectivity index (χ2n) is 6.00. The maximum absolute atomic E-state index is 6.30. The highest BCUT2D eigenvalue weighted by atomic mass is 32.1. The fourth-order valence-electron chi connectivity index (χ4n) is 3.16. The molecule has 0 bridgehead atoms. The largest absolute Gasteiger partial charge is 0.327 e. The zero-order valence-electron chi connectivity index (χ0n) is 11.1. The molecule has 0 amide bonds. The van der Waals surface area contributed by atoms with Gasteiger partial charge in [-0.2, -0.15) is 11.3 Å². The van der Waals surface area contributed by atoms with Crippen molar-refractivity contribution in [1.29, 1.82) is 0 Å². The van der Waals surface area contributed by atoms with Crippen LogP contribution in [0.5, 0.6) is 0 Å². The average molecular weight is 264 g/mol. The summed E-state index contributed by atoms with van der Waals surface area (Å²) in [6.07, 6.45) is 8.09. The van der Waals surface area contributed by atoms with Gasteiger partial charge in [0.1, 0.15) is 0 Å². The van der Waals surface area contributed by atoms with E-state index in [0.717, 1.165) is 18.5 Å². The monoisotopic (exact) mass is 264 g/mol. The molecule has 1 aromatic rings. The molecule has 0 aliphatic heterocycles. The number of nitrogens with two attached hydrogens (primary N) is 1. The SMILES string of the molecule is NC1CCCCC1CN(Cc1ccsc1)C1CC1. The lowest BCUT2D eigenvalue weighted by molar-refractivity contribution is 0.171. The molecule has 2 nitrogen and oxygen atoms in total. The van der Waals surface area contributed by atoms with Crippen LogP contribution in [0, 0.1) is 5.92 Å². The van der Waals surface area contributed by atoms with Crippen molar-refractivity contribution in [3.05, 3.63) is 22.4 Å². The van der Waals surface area contributed by atoms with E-state index in [2.05, 4.69) is 21.7 Å². The molecule has 3 heteroatoms. The molecule has 1 aromatic heterocycles. The zero-order chi connectivity index (χ0) is 12.4. The second-order valence-corrected chi connectivity index (χ2v) is 6.78. The topological polar surface area (TPSA) is 29.3 Å². The van der Waals surface area contributed by atoms with E-state index in [1.807, 2.05) is 11.3 Å². The van der Waals surface area contributed by atoms with E-state index in [-0.39, 0.29) is 0 Å². The van der Waals surface area contributed by atoms with Crippen molar-refractivity contribution >= 4 is 11.3 Å². The van der Waals surface area contributed by atoms with Crippen molar-refractivity contribution in [3.8, 4) is 0 Å². The summed E-state index contributed by atoms with van der Waals surface area (Å²) in [5.41, 5.74) is 7.78. The van der Waals surface area contributed by atoms with Crippen molar-refractivity contribution in [1.82, 2.24) is 4.90 Å². The van der Waals surface area contributed by atoms with Crippen LogP contribution in [0.2, 0.25) is 0 Å². The third-order valence-corrected chi connectivity index (χ3v) is 5.20. The molecule has 100 valence electrons. The summed E-state index contributed by atoms with van der Waals surface area (Å²) in [6, 6.07) is 3.56. The number of thiophene rings is 1. The van der Waals surface area contributed by atoms with Gasteiger partial charge in [0.15, 0.2) is 0 Å². The smallest absolute Gasteiger partial charge is 0.0245 e. The molecule has 0 saturated heterocycles. The first-order chi connectivity index (χ1) is 8.83. The molecule has 0 aromatic carbocycles. The van der Waals surface area contributed by atoms with Gasteiger partial charge in [-0.1, -0.05) is 12.8 Å². The first kappa shape index (κ1) is 12.6. The second kappa shape index (κ2) is 5.72. The van der Waals surface area contributed by atoms with E-state index in [9.17, 15) is 0 Å². The Morgan fingerprint density at radius 1 is 1.22 bits per heavy atom. The lowest BCUT2D eigenvalue weighted by Gasteiger charge is -2.33. The van der Waals surface area contributed by atoms with E-state index in [0.29, 0.717) is 6.04 Å². The minimum atomic E-state index is 0.447. The lowest BCUT2D eigenvalue weighted by Crippen LogP contribution is -2.41. The van der Waals surface area contributed by atoms with Crippen LogP contribution >= 0.6 is 11.3 Å². The summed E-state index contributed by atoms with van der Waals surface area (Å²) in [5, 5.41) is 4.48. The average Bonchev–Trinajstić information content (AvgIpc) is 3.10. The Hall–Kier alpha value is -0.380. The Bertz CT molecular complexity index is 359. The molecule has 2 fully saturated rings. The van der Waals surface area contributed by atoms with E-state index in [1.54, 1.807) is 0 Å². The summed E-state index contributed by atoms with van der Waals surface area (Å²) < 4.78 is 0. The number of rotatable bonds is 5. The highest BCUT2D eigenvalue weighted by molar-refractivity contribution is 7.07. The molecule has 3 rings (SSSR count). The Morgan fingerprint density at radius 3 is 2.72 bits per heavy atom. The Morgan fingerprint density at radius 2 is 2.06 bits per heavy atom. The predicted molar refractivity (Wildman–Crippen MR) is 77.7 cm³/mol. The third-order valence-electron chi connectivity index (χ3n) is 4.47. The van der Waals surface area contributed by atoms with Gasteiger partial charge in [0.2, 0.25) is 0 Å². The van der Waals surface area contributed by atoms with Gasteiger partial charge >= 0.3 is 0 Å². The predicted octanol–water partition coefficient (Wildman–Crippen LogP) is 3.23. The van der Waals surface area contributed by atoms with Gasteiger partial charge < -0.3 is 5.73 Å². The van der Waals surface area contributed by atoms with Crippen LogP contribution in [0.1, 0.15) is 44.1 Å². The molecule has 2 unspecified atom stereocenters. The molecule has 2 aliphatic carbocycles. The van der Waals surface area contributed by atoms with E-state index in [4.69, 9.17) is 5.73 Å². The Balaban J connectivity index is 1.59. The molecule has 2 atom stereocenters. The van der Waals surface area contributed by atoms with Crippen LogP contribution in [0.25, 0.3) is 0 Å². The van der Waals surface area contributed by atoms with Crippen LogP contribution in [-0.4, -0.2) is 23.5 Å². The molecule has 18 heavy (non-hydrogen) atoms. The summed E-state index contributed by atoms with van der Waals surface area (Å²) in [7, 11) is 0. The quantitative estimate of drug-likeness (QED) is 0.884. The fourth-order valence-corrected chi connectivity index (χ4v) is 3.82. The Labute approximate surface area is 114 Å². The molecule has 0 radical (unpaired) electrons. The van der Waals surface area contributed by atoms with Crippen molar-refractivity contribution in [2.45, 2.75) is 57.2 Å². The highest BCUT2D eigenvalue weighted by Crippen LogP contribution is 2.32. The van der Waals surface area contributed by atoms with Gasteiger partial charge in [-0.15, -0.1) is 0 Å². The standard InChI is InChI=1S/C15H24N2S/c16-15-4-2-1-3-13(15)10-17(14-5-6-14)9-12-7-8-18-11-12/h7-8,11,13-15H,1-6,9-10,16H2. The van der Waals surface area contributed by atoms with E-state index < -0.39 is 0 Å². The third kappa shape index (κ3) is 3.14. The van der Waals surface area contributed by atoms with Gasteiger partial charge in [0.05, 0.1) is 0 Å². The van der Waals surface area contributed by atoms with Crippen molar-refractivity contribution in [3.63, 3.8) is 0 Å². The minimum absolute atomic E-state index is 0.447. The lowest BCUT2D eigenvalue weighted by atomic mass is 9.84. The Kier molecular flexibility index (Phi) is 4.02. The number of hydrogen-bond donors (Lipinski definition) is 1. The first-order valence-electron chi connectivity index (χ1n) is 7.33. The summed E-state index contributed by atoms with van der Waals surface area (Å²) >= 11 is 1.81. The molecule has 2 aliphatic rings. The number of hydrogen-bond acceptors (Lipinski definition) is 3. The molecule has 2 N–H and O–H groups in total. The molecular formula is C15H24N2S. The van der Waals surface area contributed by atoms with Gasteiger partial charge in [0, 0.05) is 25.2 Å². The van der Waals surface area contributed by atoms with Crippen LogP contribution < -0.4 is 5.73 Å². The zero-order valence-corrected chi connectivity index (χ0v) is 11.9. The van der Waals surface area contributed by atoms with Crippen LogP contribution in [0.4, 0.5) is 0 Å². The molecular weight excluding hydrogens is 240 g/mol. The number of nitrogens with zero attached hydrogens (tertiary/aromatic N) is 1. The molecule has 2 saturated carbocycles. The molecule has 1 heterocycles. The van der Waals surface area contributed by atoms with Crippen LogP contribution in [0.3, 0.4) is 0 Å². The normalized spacial score (nSPS) is 28.8. The molecule has 0 spiro atoms. The van der Waals surface area contributed by atoms with Crippen molar-refractivity contribution < 1.29 is 0 Å². The fraction of sp³-hybridized carbons (Fsp3) is 0.733. The first-order valence-corrected chi connectivity index (χ1v) is 8.28. The van der Waals surface area contributed by atoms with Crippen molar-refractivity contribution in [2.75, 3.05) is 6.54 Å². The summed E-state index contributed by atoms with van der Waals surface area (Å²) in [5.74, 6) is 0.734.